The number of hydrogen-bond acceptors (Lipinski definition) is 5. The van der Waals surface area contributed by atoms with Crippen LogP contribution in [0.1, 0.15) is 27.4 Å². The summed E-state index contributed by atoms with van der Waals surface area (Å²) in [5.74, 6) is -0.252. The zero-order valence-electron chi connectivity index (χ0n) is 14.4. The largest absolute Gasteiger partial charge is 0.378 e. The lowest BCUT2D eigenvalue weighted by Crippen LogP contribution is -2.36. The number of aryl methyl sites for hydroxylation is 1. The molecule has 2 aliphatic rings. The minimum absolute atomic E-state index is 0.181. The van der Waals surface area contributed by atoms with E-state index in [1.165, 1.54) is 17.0 Å². The summed E-state index contributed by atoms with van der Waals surface area (Å²) in [5, 5.41) is 0. The molecule has 0 saturated carbocycles. The third-order valence-electron chi connectivity index (χ3n) is 4.70. The average molecular weight is 358 g/mol. The molecule has 0 atom stereocenters. The van der Waals surface area contributed by atoms with Gasteiger partial charge in [0.2, 0.25) is 0 Å². The Bertz CT molecular complexity index is 921. The fourth-order valence-electron chi connectivity index (χ4n) is 3.42. The van der Waals surface area contributed by atoms with Crippen molar-refractivity contribution in [3.8, 4) is 0 Å². The van der Waals surface area contributed by atoms with Crippen molar-refractivity contribution < 1.29 is 13.9 Å². The third-order valence-corrected chi connectivity index (χ3v) is 4.70. The zero-order chi connectivity index (χ0) is 18.3. The summed E-state index contributed by atoms with van der Waals surface area (Å²) >= 11 is 0. The highest BCUT2D eigenvalue weighted by atomic mass is 19.1. The number of halogens is 1. The smallest absolute Gasteiger partial charge is 0.256 e. The molecule has 26 heavy (non-hydrogen) atoms. The minimum atomic E-state index is -0.458. The molecule has 4 rings (SSSR count). The maximum absolute atomic E-state index is 14.1. The van der Waals surface area contributed by atoms with Crippen LogP contribution in [0.25, 0.3) is 0 Å². The fraction of sp³-hybridized carbons (Fsp3) is 0.389. The molecular weight excluding hydrogens is 339 g/mol. The first-order valence-corrected chi connectivity index (χ1v) is 8.52. The van der Waals surface area contributed by atoms with E-state index in [4.69, 9.17) is 4.74 Å². The summed E-state index contributed by atoms with van der Waals surface area (Å²) in [6, 6.07) is 4.36. The van der Waals surface area contributed by atoms with E-state index in [-0.39, 0.29) is 30.1 Å². The predicted molar refractivity (Wildman–Crippen MR) is 92.6 cm³/mol. The van der Waals surface area contributed by atoms with Crippen LogP contribution >= 0.6 is 0 Å². The standard InChI is InChI=1S/C18H19FN4O3/c1-11-20-16-10-23(9-15(16)17(24)21-11)18(25)12-6-13(19)8-14(7-12)22-2-4-26-5-3-22/h6-8H,2-5,9-10H2,1H3,(H,20,21,24). The van der Waals surface area contributed by atoms with Gasteiger partial charge in [0.05, 0.1) is 37.6 Å². The van der Waals surface area contributed by atoms with Gasteiger partial charge in [-0.15, -0.1) is 0 Å². The number of aromatic nitrogens is 2. The second kappa shape index (κ2) is 6.53. The van der Waals surface area contributed by atoms with Crippen molar-refractivity contribution in [2.24, 2.45) is 0 Å². The SMILES string of the molecule is Cc1nc2c(c(=O)[nH]1)CN(C(=O)c1cc(F)cc(N3CCOCC3)c1)C2. The van der Waals surface area contributed by atoms with Crippen molar-refractivity contribution in [1.29, 1.82) is 0 Å². The number of rotatable bonds is 2. The molecule has 1 fully saturated rings. The van der Waals surface area contributed by atoms with Gasteiger partial charge in [-0.25, -0.2) is 9.37 Å². The van der Waals surface area contributed by atoms with Gasteiger partial charge in [0.1, 0.15) is 11.6 Å². The van der Waals surface area contributed by atoms with E-state index in [0.717, 1.165) is 0 Å². The molecule has 7 nitrogen and oxygen atoms in total. The summed E-state index contributed by atoms with van der Waals surface area (Å²) in [4.78, 5) is 35.4. The van der Waals surface area contributed by atoms with Crippen molar-refractivity contribution in [1.82, 2.24) is 14.9 Å². The second-order valence-corrected chi connectivity index (χ2v) is 6.54. The second-order valence-electron chi connectivity index (χ2n) is 6.54. The molecule has 1 N–H and O–H groups in total. The number of nitrogens with one attached hydrogen (secondary N) is 1. The molecule has 8 heteroatoms. The van der Waals surface area contributed by atoms with Crippen LogP contribution < -0.4 is 10.5 Å². The number of fused-ring (bicyclic) bond motifs is 1. The Labute approximate surface area is 149 Å². The van der Waals surface area contributed by atoms with Crippen LogP contribution in [0.2, 0.25) is 0 Å². The van der Waals surface area contributed by atoms with E-state index >= 15 is 0 Å². The number of nitrogens with zero attached hydrogens (tertiary/aromatic N) is 3. The number of morpholine rings is 1. The molecule has 0 spiro atoms. The summed E-state index contributed by atoms with van der Waals surface area (Å²) in [6.45, 7) is 4.61. The van der Waals surface area contributed by atoms with Crippen molar-refractivity contribution in [2.45, 2.75) is 20.0 Å². The molecule has 1 aromatic heterocycles. The quantitative estimate of drug-likeness (QED) is 0.873. The molecular formula is C18H19FN4O3. The lowest BCUT2D eigenvalue weighted by molar-refractivity contribution is 0.0749. The summed E-state index contributed by atoms with van der Waals surface area (Å²) in [6.07, 6.45) is 0. The van der Waals surface area contributed by atoms with E-state index in [1.54, 1.807) is 13.0 Å². The normalized spacial score (nSPS) is 16.7. The third kappa shape index (κ3) is 3.08. The predicted octanol–water partition coefficient (Wildman–Crippen LogP) is 1.21. The van der Waals surface area contributed by atoms with E-state index in [0.29, 0.717) is 49.1 Å². The Hall–Kier alpha value is -2.74. The van der Waals surface area contributed by atoms with E-state index < -0.39 is 5.82 Å². The van der Waals surface area contributed by atoms with Gasteiger partial charge >= 0.3 is 0 Å². The Kier molecular flexibility index (Phi) is 4.20. The highest BCUT2D eigenvalue weighted by molar-refractivity contribution is 5.95. The molecule has 1 saturated heterocycles. The molecule has 0 bridgehead atoms. The number of carbonyl (C=O) groups excluding carboxylic acids is 1. The molecule has 136 valence electrons. The van der Waals surface area contributed by atoms with Gasteiger partial charge in [0.15, 0.2) is 0 Å². The summed E-state index contributed by atoms with van der Waals surface area (Å²) in [5.41, 5.74) is 1.81. The number of aromatic amines is 1. The van der Waals surface area contributed by atoms with Crippen LogP contribution in [0.15, 0.2) is 23.0 Å². The van der Waals surface area contributed by atoms with Gasteiger partial charge < -0.3 is 19.5 Å². The Balaban J connectivity index is 1.60. The summed E-state index contributed by atoms with van der Waals surface area (Å²) in [7, 11) is 0. The average Bonchev–Trinajstić information content (AvgIpc) is 3.05. The molecule has 0 aliphatic carbocycles. The number of benzene rings is 1. The van der Waals surface area contributed by atoms with Crippen LogP contribution in [0.5, 0.6) is 0 Å². The highest BCUT2D eigenvalue weighted by Gasteiger charge is 2.28. The van der Waals surface area contributed by atoms with Crippen molar-refractivity contribution in [3.63, 3.8) is 0 Å². The van der Waals surface area contributed by atoms with Crippen molar-refractivity contribution in [2.75, 3.05) is 31.2 Å². The van der Waals surface area contributed by atoms with Crippen LogP contribution in [-0.2, 0) is 17.8 Å². The molecule has 2 aromatic rings. The first-order valence-electron chi connectivity index (χ1n) is 8.52. The molecule has 2 aliphatic heterocycles. The van der Waals surface area contributed by atoms with E-state index in [2.05, 4.69) is 9.97 Å². The molecule has 1 aromatic carbocycles. The molecule has 3 heterocycles. The van der Waals surface area contributed by atoms with Gasteiger partial charge in [0.25, 0.3) is 11.5 Å². The van der Waals surface area contributed by atoms with Crippen LogP contribution in [0, 0.1) is 12.7 Å². The first kappa shape index (κ1) is 16.7. The number of H-pyrrole nitrogens is 1. The lowest BCUT2D eigenvalue weighted by atomic mass is 10.1. The van der Waals surface area contributed by atoms with Gasteiger partial charge in [-0.1, -0.05) is 0 Å². The highest BCUT2D eigenvalue weighted by Crippen LogP contribution is 2.24. The fourth-order valence-corrected chi connectivity index (χ4v) is 3.42. The van der Waals surface area contributed by atoms with Crippen molar-refractivity contribution in [3.05, 3.63) is 57.0 Å². The van der Waals surface area contributed by atoms with E-state index in [9.17, 15) is 14.0 Å². The number of carbonyl (C=O) groups is 1. The minimum Gasteiger partial charge on any atom is -0.378 e. The van der Waals surface area contributed by atoms with Crippen LogP contribution in [0.4, 0.5) is 10.1 Å². The number of amides is 1. The molecule has 0 unspecified atom stereocenters. The number of anilines is 1. The van der Waals surface area contributed by atoms with Gasteiger partial charge in [-0.3, -0.25) is 9.59 Å². The zero-order valence-corrected chi connectivity index (χ0v) is 14.4. The molecule has 1 amide bonds. The van der Waals surface area contributed by atoms with Crippen LogP contribution in [0.3, 0.4) is 0 Å². The van der Waals surface area contributed by atoms with E-state index in [1.807, 2.05) is 4.90 Å². The number of hydrogen-bond donors (Lipinski definition) is 1. The Morgan fingerprint density at radius 1 is 1.23 bits per heavy atom. The van der Waals surface area contributed by atoms with Crippen molar-refractivity contribution >= 4 is 11.6 Å². The number of ether oxygens (including phenoxy) is 1. The monoisotopic (exact) mass is 358 g/mol. The van der Waals surface area contributed by atoms with Gasteiger partial charge in [-0.2, -0.15) is 0 Å². The Morgan fingerprint density at radius 2 is 2.00 bits per heavy atom. The Morgan fingerprint density at radius 3 is 2.77 bits per heavy atom. The maximum atomic E-state index is 14.1. The maximum Gasteiger partial charge on any atom is 0.256 e. The van der Waals surface area contributed by atoms with Crippen LogP contribution in [-0.4, -0.2) is 47.1 Å². The lowest BCUT2D eigenvalue weighted by Gasteiger charge is -2.29. The van der Waals surface area contributed by atoms with Gasteiger partial charge in [-0.05, 0) is 25.1 Å². The molecule has 0 radical (unpaired) electrons. The first-order chi connectivity index (χ1) is 12.5. The van der Waals surface area contributed by atoms with Gasteiger partial charge in [0, 0.05) is 24.3 Å². The topological polar surface area (TPSA) is 78.5 Å². The summed E-state index contributed by atoms with van der Waals surface area (Å²) < 4.78 is 19.4.